The number of nitrogens with one attached hydrogen (secondary N) is 1. The number of urea groups is 1. The third-order valence-corrected chi connectivity index (χ3v) is 7.87. The van der Waals surface area contributed by atoms with Gasteiger partial charge in [-0.15, -0.1) is 11.3 Å². The predicted octanol–water partition coefficient (Wildman–Crippen LogP) is 4.35. The van der Waals surface area contributed by atoms with Crippen LogP contribution in [0, 0.1) is 13.8 Å². The van der Waals surface area contributed by atoms with E-state index in [0.29, 0.717) is 12.0 Å². The zero-order chi connectivity index (χ0) is 20.0. The number of anilines is 1. The fourth-order valence-corrected chi connectivity index (χ4v) is 5.66. The summed E-state index contributed by atoms with van der Waals surface area (Å²) >= 11 is 1.79. The highest BCUT2D eigenvalue weighted by Gasteiger charge is 2.31. The molecule has 29 heavy (non-hydrogen) atoms. The molecule has 1 aliphatic heterocycles. The molecule has 5 rings (SSSR count). The summed E-state index contributed by atoms with van der Waals surface area (Å²) < 4.78 is 0. The van der Waals surface area contributed by atoms with Gasteiger partial charge in [-0.1, -0.05) is 19.3 Å². The van der Waals surface area contributed by atoms with Crippen molar-refractivity contribution in [1.29, 1.82) is 0 Å². The Bertz CT molecular complexity index is 908. The van der Waals surface area contributed by atoms with E-state index in [2.05, 4.69) is 24.1 Å². The Labute approximate surface area is 176 Å². The first kappa shape index (κ1) is 19.1. The lowest BCUT2D eigenvalue weighted by atomic mass is 9.96. The maximum absolute atomic E-state index is 12.7. The van der Waals surface area contributed by atoms with Gasteiger partial charge in [0.05, 0.1) is 5.39 Å². The van der Waals surface area contributed by atoms with Crippen LogP contribution in [0.15, 0.2) is 0 Å². The van der Waals surface area contributed by atoms with Crippen molar-refractivity contribution in [2.24, 2.45) is 0 Å². The zero-order valence-electron chi connectivity index (χ0n) is 17.5. The Balaban J connectivity index is 1.31. The average Bonchev–Trinajstić information content (AvgIpc) is 3.55. The maximum atomic E-state index is 12.7. The molecule has 2 aromatic rings. The molecule has 3 fully saturated rings. The Morgan fingerprint density at radius 1 is 1.00 bits per heavy atom. The summed E-state index contributed by atoms with van der Waals surface area (Å²) in [4.78, 5) is 29.4. The number of piperazine rings is 1. The number of carbonyl (C=O) groups excluding carboxylic acids is 1. The standard InChI is InChI=1S/C22H31N5OS/c1-14-15(2)29-21-18(14)20(24-19(25-21)16-8-9-16)26-10-12-27(13-11-26)22(28)23-17-6-4-3-5-7-17/h16-17H,3-13H2,1-2H3,(H,23,28). The first-order chi connectivity index (χ1) is 14.1. The molecule has 1 saturated heterocycles. The van der Waals surface area contributed by atoms with Crippen molar-refractivity contribution in [1.82, 2.24) is 20.2 Å². The van der Waals surface area contributed by atoms with Gasteiger partial charge in [0.2, 0.25) is 0 Å². The van der Waals surface area contributed by atoms with E-state index in [-0.39, 0.29) is 6.03 Å². The van der Waals surface area contributed by atoms with Gasteiger partial charge in [-0.3, -0.25) is 0 Å². The summed E-state index contributed by atoms with van der Waals surface area (Å²) in [7, 11) is 0. The Morgan fingerprint density at radius 2 is 1.72 bits per heavy atom. The smallest absolute Gasteiger partial charge is 0.317 e. The monoisotopic (exact) mass is 413 g/mol. The van der Waals surface area contributed by atoms with E-state index < -0.39 is 0 Å². The van der Waals surface area contributed by atoms with Crippen molar-refractivity contribution in [3.63, 3.8) is 0 Å². The number of amides is 2. The maximum Gasteiger partial charge on any atom is 0.317 e. The van der Waals surface area contributed by atoms with Gasteiger partial charge < -0.3 is 15.1 Å². The molecule has 2 amide bonds. The second kappa shape index (κ2) is 7.74. The summed E-state index contributed by atoms with van der Waals surface area (Å²) in [5, 5.41) is 4.48. The van der Waals surface area contributed by atoms with Crippen LogP contribution in [0.2, 0.25) is 0 Å². The SMILES string of the molecule is Cc1sc2nc(C3CC3)nc(N3CCN(C(=O)NC4CCCCC4)CC3)c2c1C. The normalized spacial score (nSPS) is 21.0. The van der Waals surface area contributed by atoms with Crippen LogP contribution in [-0.2, 0) is 0 Å². The number of aromatic nitrogens is 2. The molecule has 2 saturated carbocycles. The third-order valence-electron chi connectivity index (χ3n) is 6.77. The molecule has 0 bridgehead atoms. The Morgan fingerprint density at radius 3 is 2.41 bits per heavy atom. The van der Waals surface area contributed by atoms with Gasteiger partial charge in [-0.25, -0.2) is 14.8 Å². The topological polar surface area (TPSA) is 61.4 Å². The van der Waals surface area contributed by atoms with E-state index in [4.69, 9.17) is 9.97 Å². The summed E-state index contributed by atoms with van der Waals surface area (Å²) in [6.07, 6.45) is 8.47. The lowest BCUT2D eigenvalue weighted by molar-refractivity contribution is 0.186. The van der Waals surface area contributed by atoms with Gasteiger partial charge in [0.1, 0.15) is 16.5 Å². The summed E-state index contributed by atoms with van der Waals surface area (Å²) in [6.45, 7) is 7.54. The molecule has 0 spiro atoms. The van der Waals surface area contributed by atoms with Crippen LogP contribution in [-0.4, -0.2) is 53.1 Å². The highest BCUT2D eigenvalue weighted by Crippen LogP contribution is 2.42. The number of fused-ring (bicyclic) bond motifs is 1. The lowest BCUT2D eigenvalue weighted by Gasteiger charge is -2.37. The van der Waals surface area contributed by atoms with Gasteiger partial charge in [0, 0.05) is 43.0 Å². The van der Waals surface area contributed by atoms with E-state index in [1.807, 2.05) is 4.90 Å². The molecule has 3 heterocycles. The number of nitrogens with zero attached hydrogens (tertiary/aromatic N) is 4. The summed E-state index contributed by atoms with van der Waals surface area (Å²) in [5.41, 5.74) is 1.31. The summed E-state index contributed by atoms with van der Waals surface area (Å²) in [5.74, 6) is 2.65. The molecule has 7 heteroatoms. The summed E-state index contributed by atoms with van der Waals surface area (Å²) in [6, 6.07) is 0.485. The highest BCUT2D eigenvalue weighted by atomic mass is 32.1. The van der Waals surface area contributed by atoms with Gasteiger partial charge in [-0.05, 0) is 45.1 Å². The second-order valence-corrected chi connectivity index (χ2v) is 10.1. The van der Waals surface area contributed by atoms with Crippen LogP contribution in [0.4, 0.5) is 10.6 Å². The van der Waals surface area contributed by atoms with Crippen LogP contribution >= 0.6 is 11.3 Å². The van der Waals surface area contributed by atoms with Crippen LogP contribution < -0.4 is 10.2 Å². The molecule has 2 aliphatic carbocycles. The third kappa shape index (κ3) is 3.81. The molecule has 0 atom stereocenters. The van der Waals surface area contributed by atoms with Crippen molar-refractivity contribution >= 4 is 33.4 Å². The lowest BCUT2D eigenvalue weighted by Crippen LogP contribution is -2.54. The van der Waals surface area contributed by atoms with Crippen LogP contribution in [0.3, 0.4) is 0 Å². The van der Waals surface area contributed by atoms with E-state index in [0.717, 1.165) is 55.5 Å². The number of carbonyl (C=O) groups is 1. The minimum atomic E-state index is 0.116. The minimum Gasteiger partial charge on any atom is -0.352 e. The predicted molar refractivity (Wildman–Crippen MR) is 118 cm³/mol. The molecule has 156 valence electrons. The van der Waals surface area contributed by atoms with E-state index in [1.54, 1.807) is 11.3 Å². The molecule has 2 aromatic heterocycles. The fraction of sp³-hybridized carbons (Fsp3) is 0.682. The second-order valence-electron chi connectivity index (χ2n) is 8.90. The molecular weight excluding hydrogens is 382 g/mol. The van der Waals surface area contributed by atoms with Crippen LogP contribution in [0.5, 0.6) is 0 Å². The van der Waals surface area contributed by atoms with E-state index in [1.165, 1.54) is 47.9 Å². The highest BCUT2D eigenvalue weighted by molar-refractivity contribution is 7.18. The quantitative estimate of drug-likeness (QED) is 0.813. The van der Waals surface area contributed by atoms with Crippen LogP contribution in [0.25, 0.3) is 10.2 Å². The van der Waals surface area contributed by atoms with E-state index >= 15 is 0 Å². The molecule has 3 aliphatic rings. The van der Waals surface area contributed by atoms with Gasteiger partial charge in [0.15, 0.2) is 0 Å². The molecule has 0 aromatic carbocycles. The molecule has 6 nitrogen and oxygen atoms in total. The van der Waals surface area contributed by atoms with Gasteiger partial charge in [-0.2, -0.15) is 0 Å². The minimum absolute atomic E-state index is 0.116. The Hall–Kier alpha value is -1.89. The molecule has 1 N–H and O–H groups in total. The van der Waals surface area contributed by atoms with Gasteiger partial charge >= 0.3 is 6.03 Å². The van der Waals surface area contributed by atoms with E-state index in [9.17, 15) is 4.79 Å². The number of aryl methyl sites for hydroxylation is 2. The average molecular weight is 414 g/mol. The van der Waals surface area contributed by atoms with Crippen molar-refractivity contribution in [2.75, 3.05) is 31.1 Å². The van der Waals surface area contributed by atoms with Crippen LogP contribution in [0.1, 0.15) is 67.1 Å². The molecule has 0 radical (unpaired) electrons. The Kier molecular flexibility index (Phi) is 5.10. The van der Waals surface area contributed by atoms with Crippen molar-refractivity contribution in [3.8, 4) is 0 Å². The first-order valence-corrected chi connectivity index (χ1v) is 12.0. The molecule has 0 unspecified atom stereocenters. The first-order valence-electron chi connectivity index (χ1n) is 11.2. The largest absolute Gasteiger partial charge is 0.352 e. The molecular formula is C22H31N5OS. The number of rotatable bonds is 3. The number of hydrogen-bond acceptors (Lipinski definition) is 5. The number of thiophene rings is 1. The van der Waals surface area contributed by atoms with Crippen molar-refractivity contribution < 1.29 is 4.79 Å². The fourth-order valence-electron chi connectivity index (χ4n) is 4.63. The van der Waals surface area contributed by atoms with Gasteiger partial charge in [0.25, 0.3) is 0 Å². The van der Waals surface area contributed by atoms with Crippen molar-refractivity contribution in [2.45, 2.75) is 70.8 Å². The number of hydrogen-bond donors (Lipinski definition) is 1. The zero-order valence-corrected chi connectivity index (χ0v) is 18.4. The van der Waals surface area contributed by atoms with Crippen molar-refractivity contribution in [3.05, 3.63) is 16.3 Å².